The number of benzene rings is 1. The molecular formula is C57H102N20O12S. The van der Waals surface area contributed by atoms with E-state index >= 15 is 0 Å². The van der Waals surface area contributed by atoms with Crippen molar-refractivity contribution in [3.8, 4) is 5.75 Å². The Morgan fingerprint density at radius 1 is 0.556 bits per heavy atom. The lowest BCUT2D eigenvalue weighted by Crippen LogP contribution is -2.61. The molecule has 33 heteroatoms. The molecule has 1 saturated heterocycles. The molecule has 0 aliphatic carbocycles. The van der Waals surface area contributed by atoms with E-state index in [0.29, 0.717) is 69.2 Å². The van der Waals surface area contributed by atoms with Gasteiger partial charge < -0.3 is 98.4 Å². The Balaban J connectivity index is 2.51. The summed E-state index contributed by atoms with van der Waals surface area (Å²) in [6.07, 6.45) is 5.66. The maximum absolute atomic E-state index is 14.6. The van der Waals surface area contributed by atoms with Gasteiger partial charge in [-0.3, -0.25) is 63.1 Å². The van der Waals surface area contributed by atoms with E-state index in [0.717, 1.165) is 0 Å². The highest BCUT2D eigenvalue weighted by Crippen LogP contribution is 2.21. The van der Waals surface area contributed by atoms with Crippen molar-refractivity contribution in [2.45, 2.75) is 190 Å². The molecule has 0 bridgehead atoms. The average Bonchev–Trinajstić information content (AvgIpc) is 2.37. The number of guanidine groups is 2. The monoisotopic (exact) mass is 1290 g/mol. The normalized spacial score (nSPS) is 15.8. The zero-order chi connectivity index (χ0) is 67.3. The number of carbonyl (C=O) groups is 10. The molecule has 90 heavy (non-hydrogen) atoms. The molecule has 1 aromatic rings. The van der Waals surface area contributed by atoms with Gasteiger partial charge >= 0.3 is 0 Å². The molecule has 1 aliphatic heterocycles. The molecule has 1 fully saturated rings. The second kappa shape index (κ2) is 43.2. The topological polar surface area (TPSA) is 556 Å². The summed E-state index contributed by atoms with van der Waals surface area (Å²) < 4.78 is 0. The molecular weight excluding hydrogens is 1190 g/mol. The van der Waals surface area contributed by atoms with Gasteiger partial charge in [0.1, 0.15) is 60.1 Å². The number of likely N-dealkylation sites (tertiary alicyclic amines) is 1. The largest absolute Gasteiger partial charge is 0.508 e. The van der Waals surface area contributed by atoms with E-state index in [1.165, 1.54) is 35.7 Å². The van der Waals surface area contributed by atoms with Gasteiger partial charge in [-0.15, -0.1) is 0 Å². The molecule has 32 nitrogen and oxygen atoms in total. The highest BCUT2D eigenvalue weighted by molar-refractivity contribution is 7.98. The predicted molar refractivity (Wildman–Crippen MR) is 342 cm³/mol. The fourth-order valence-electron chi connectivity index (χ4n) is 9.67. The van der Waals surface area contributed by atoms with Crippen LogP contribution in [-0.2, 0) is 54.4 Å². The van der Waals surface area contributed by atoms with Crippen molar-refractivity contribution >= 4 is 82.8 Å². The van der Waals surface area contributed by atoms with Crippen molar-refractivity contribution in [3.63, 3.8) is 0 Å². The summed E-state index contributed by atoms with van der Waals surface area (Å²) in [5.41, 5.74) is 47.9. The van der Waals surface area contributed by atoms with Crippen LogP contribution in [0.2, 0.25) is 0 Å². The third kappa shape index (κ3) is 29.4. The summed E-state index contributed by atoms with van der Waals surface area (Å²) in [6, 6.07) is -6.35. The first-order valence-electron chi connectivity index (χ1n) is 30.7. The van der Waals surface area contributed by atoms with Crippen molar-refractivity contribution in [1.82, 2.24) is 52.9 Å². The number of amides is 10. The average molecular weight is 1290 g/mol. The Hall–Kier alpha value is -7.59. The number of thioether (sulfide) groups is 1. The Kier molecular flexibility index (Phi) is 37.7. The molecule has 1 heterocycles. The first kappa shape index (κ1) is 78.5. The van der Waals surface area contributed by atoms with Crippen molar-refractivity contribution < 1.29 is 58.3 Å². The third-order valence-corrected chi connectivity index (χ3v) is 15.4. The van der Waals surface area contributed by atoms with Crippen LogP contribution >= 0.6 is 11.8 Å². The third-order valence-electron chi connectivity index (χ3n) is 14.8. The van der Waals surface area contributed by atoms with Crippen LogP contribution in [0.5, 0.6) is 5.75 Å². The number of aromatic hydroxyl groups is 1. The SMILES string of the molecule is CSCC[C@H](N)C(=O)N[C@@H](CCCCN)C(=O)N[C@@H](C)C(=O)N[C@@H](CCCN=C(N)N)C(=O)N[C@@H](CCCN=C(N)N)C(=O)N[C@@H](CCCCN)C(=O)N[C@@H](CCCCN)C(=O)N[C@H](C(=O)N[C@@H](Cc1ccc(O)cc1)C(=O)N1CCC[C@H]1C(=O)NO)C(C)C. The van der Waals surface area contributed by atoms with Crippen molar-refractivity contribution in [1.29, 1.82) is 0 Å². The molecule has 0 aromatic heterocycles. The molecule has 27 N–H and O–H groups in total. The molecule has 1 aliphatic rings. The fourth-order valence-corrected chi connectivity index (χ4v) is 10.2. The molecule has 0 unspecified atom stereocenters. The molecule has 1 aromatic carbocycles. The smallest absolute Gasteiger partial charge is 0.266 e. The number of phenols is 1. The molecule has 2 rings (SSSR count). The van der Waals surface area contributed by atoms with Crippen molar-refractivity contribution in [2.24, 2.45) is 61.8 Å². The van der Waals surface area contributed by atoms with Crippen molar-refractivity contribution in [2.75, 3.05) is 51.3 Å². The van der Waals surface area contributed by atoms with E-state index in [1.54, 1.807) is 31.5 Å². The number of nitrogens with two attached hydrogens (primary N) is 8. The van der Waals surface area contributed by atoms with Crippen LogP contribution in [0.1, 0.15) is 129 Å². The highest BCUT2D eigenvalue weighted by Gasteiger charge is 2.40. The van der Waals surface area contributed by atoms with Crippen LogP contribution < -0.4 is 93.9 Å². The standard InChI is InChI=1S/C57H102N20O12S/c1-33(2)45(54(87)74-43(32-35-20-22-36(78)23-21-35)55(88)77-30-13-19-44(77)53(86)76-89)75-52(85)40(16-7-10-27-60)72-49(82)39(15-6-9-26-59)71-51(84)42(18-12-29-67-57(64)65)73-50(83)41(17-11-28-66-56(62)63)69-46(79)34(3)68-48(81)38(14-5-8-25-58)70-47(80)37(61)24-31-90-4/h20-23,33-34,37-45,78,89H,5-19,24-32,58-61H2,1-4H3,(H,68,81)(H,69,79)(H,70,80)(H,71,84)(H,72,82)(H,73,83)(H,74,87)(H,75,85)(H,76,86)(H4,62,63,66)(H4,64,65,67)/t34-,37-,38-,39-,40-,41-,42-,43-,44-,45-/m0/s1. The van der Waals surface area contributed by atoms with Gasteiger partial charge in [0.05, 0.1) is 6.04 Å². The van der Waals surface area contributed by atoms with Crippen molar-refractivity contribution in [3.05, 3.63) is 29.8 Å². The molecule has 10 amide bonds. The van der Waals surface area contributed by atoms with Gasteiger partial charge in [0, 0.05) is 26.1 Å². The first-order valence-corrected chi connectivity index (χ1v) is 32.1. The van der Waals surface area contributed by atoms with Crippen LogP contribution in [0.25, 0.3) is 0 Å². The summed E-state index contributed by atoms with van der Waals surface area (Å²) in [4.78, 5) is 149. The Labute approximate surface area is 531 Å². The van der Waals surface area contributed by atoms with Gasteiger partial charge in [-0.2, -0.15) is 11.8 Å². The van der Waals surface area contributed by atoms with E-state index < -0.39 is 125 Å². The predicted octanol–water partition coefficient (Wildman–Crippen LogP) is -4.44. The van der Waals surface area contributed by atoms with E-state index in [-0.39, 0.29) is 108 Å². The summed E-state index contributed by atoms with van der Waals surface area (Å²) in [7, 11) is 0. The van der Waals surface area contributed by atoms with Crippen LogP contribution in [-0.4, -0.2) is 198 Å². The second-order valence-corrected chi connectivity index (χ2v) is 23.5. The number of carbonyl (C=O) groups excluding carboxylic acids is 10. The van der Waals surface area contributed by atoms with Crippen LogP contribution in [0.15, 0.2) is 34.3 Å². The number of hydroxylamine groups is 1. The molecule has 0 radical (unpaired) electrons. The summed E-state index contributed by atoms with van der Waals surface area (Å²) in [6.45, 7) is 5.70. The Morgan fingerprint density at radius 3 is 1.39 bits per heavy atom. The van der Waals surface area contributed by atoms with Gasteiger partial charge in [0.2, 0.25) is 53.2 Å². The number of hydrogen-bond acceptors (Lipinski definition) is 19. The zero-order valence-corrected chi connectivity index (χ0v) is 53.3. The lowest BCUT2D eigenvalue weighted by atomic mass is 9.99. The van der Waals surface area contributed by atoms with Gasteiger partial charge in [0.25, 0.3) is 5.91 Å². The molecule has 0 saturated carbocycles. The van der Waals surface area contributed by atoms with Crippen LogP contribution in [0, 0.1) is 5.92 Å². The van der Waals surface area contributed by atoms with E-state index in [1.807, 2.05) is 6.26 Å². The quantitative estimate of drug-likeness (QED) is 0.00964. The van der Waals surface area contributed by atoms with Gasteiger partial charge in [-0.1, -0.05) is 26.0 Å². The molecule has 508 valence electrons. The van der Waals surface area contributed by atoms with E-state index in [9.17, 15) is 58.3 Å². The van der Waals surface area contributed by atoms with Gasteiger partial charge in [-0.05, 0) is 165 Å². The van der Waals surface area contributed by atoms with E-state index in [4.69, 9.17) is 45.9 Å². The highest BCUT2D eigenvalue weighted by atomic mass is 32.2. The van der Waals surface area contributed by atoms with E-state index in [2.05, 4.69) is 52.5 Å². The number of unbranched alkanes of at least 4 members (excludes halogenated alkanes) is 3. The van der Waals surface area contributed by atoms with Gasteiger partial charge in [0.15, 0.2) is 11.9 Å². The first-order chi connectivity index (χ1) is 42.8. The minimum atomic E-state index is -1.41. The maximum Gasteiger partial charge on any atom is 0.266 e. The zero-order valence-electron chi connectivity index (χ0n) is 52.5. The maximum atomic E-state index is 14.6. The molecule has 10 atom stereocenters. The number of nitrogens with one attached hydrogen (secondary N) is 9. The summed E-state index contributed by atoms with van der Waals surface area (Å²) in [5.74, 6) is -8.05. The summed E-state index contributed by atoms with van der Waals surface area (Å²) in [5, 5.41) is 41.0. The number of phenolic OH excluding ortho intramolecular Hbond substituents is 1. The Morgan fingerprint density at radius 2 is 0.967 bits per heavy atom. The Bertz CT molecular complexity index is 2510. The number of aliphatic imine (C=N–C) groups is 2. The minimum Gasteiger partial charge on any atom is -0.508 e. The fraction of sp³-hybridized carbons (Fsp3) is 0.684. The van der Waals surface area contributed by atoms with Gasteiger partial charge in [-0.25, -0.2) is 5.48 Å². The number of nitrogens with zero attached hydrogens (tertiary/aromatic N) is 3. The number of rotatable bonds is 44. The molecule has 0 spiro atoms. The second-order valence-electron chi connectivity index (χ2n) is 22.5. The van der Waals surface area contributed by atoms with Crippen LogP contribution in [0.4, 0.5) is 0 Å². The van der Waals surface area contributed by atoms with Crippen LogP contribution in [0.3, 0.4) is 0 Å². The summed E-state index contributed by atoms with van der Waals surface area (Å²) >= 11 is 1.51. The lowest BCUT2D eigenvalue weighted by Gasteiger charge is -2.31. The number of hydrogen-bond donors (Lipinski definition) is 19. The lowest BCUT2D eigenvalue weighted by molar-refractivity contribution is -0.144. The minimum absolute atomic E-state index is 0.00134.